The topological polar surface area (TPSA) is 61.0 Å². The minimum atomic E-state index is 0.362. The third-order valence-corrected chi connectivity index (χ3v) is 2.89. The highest BCUT2D eigenvalue weighted by molar-refractivity contribution is 6.32. The molecule has 2 N–H and O–H groups in total. The van der Waals surface area contributed by atoms with Crippen LogP contribution < -0.4 is 10.5 Å². The lowest BCUT2D eigenvalue weighted by Crippen LogP contribution is -1.95. The van der Waals surface area contributed by atoms with E-state index in [0.29, 0.717) is 17.4 Å². The molecule has 0 atom stereocenters. The lowest BCUT2D eigenvalue weighted by atomic mass is 10.1. The molecule has 88 valence electrons. The summed E-state index contributed by atoms with van der Waals surface area (Å²) in [6, 6.07) is 7.01. The molecule has 4 nitrogen and oxygen atoms in total. The highest BCUT2D eigenvalue weighted by atomic mass is 35.5. The Morgan fingerprint density at radius 2 is 1.76 bits per heavy atom. The van der Waals surface area contributed by atoms with Crippen LogP contribution in [0.2, 0.25) is 5.02 Å². The Kier molecular flexibility index (Phi) is 3.15. The van der Waals surface area contributed by atoms with Crippen LogP contribution >= 0.6 is 11.6 Å². The number of benzene rings is 1. The first kappa shape index (κ1) is 11.7. The van der Waals surface area contributed by atoms with E-state index in [2.05, 4.69) is 10.2 Å². The SMILES string of the molecule is Cc1cc(Oc2ccc(N)nn2)cc(C)c1Cl. The smallest absolute Gasteiger partial charge is 0.238 e. The molecule has 0 fully saturated rings. The Balaban J connectivity index is 2.27. The van der Waals surface area contributed by atoms with Gasteiger partial charge >= 0.3 is 0 Å². The molecule has 5 heteroatoms. The fourth-order valence-corrected chi connectivity index (χ4v) is 1.58. The lowest BCUT2D eigenvalue weighted by molar-refractivity contribution is 0.455. The summed E-state index contributed by atoms with van der Waals surface area (Å²) in [5, 5.41) is 8.29. The maximum Gasteiger partial charge on any atom is 0.238 e. The predicted molar refractivity (Wildman–Crippen MR) is 67.4 cm³/mol. The van der Waals surface area contributed by atoms with E-state index in [1.54, 1.807) is 12.1 Å². The Labute approximate surface area is 104 Å². The van der Waals surface area contributed by atoms with Gasteiger partial charge in [-0.05, 0) is 43.2 Å². The van der Waals surface area contributed by atoms with Crippen LogP contribution in [0.5, 0.6) is 11.6 Å². The fraction of sp³-hybridized carbons (Fsp3) is 0.167. The molecule has 2 aromatic rings. The van der Waals surface area contributed by atoms with Crippen molar-refractivity contribution < 1.29 is 4.74 Å². The monoisotopic (exact) mass is 249 g/mol. The van der Waals surface area contributed by atoms with Gasteiger partial charge in [-0.25, -0.2) is 0 Å². The summed E-state index contributed by atoms with van der Waals surface area (Å²) in [7, 11) is 0. The van der Waals surface area contributed by atoms with Crippen molar-refractivity contribution >= 4 is 17.4 Å². The molecule has 0 aliphatic heterocycles. The number of aryl methyl sites for hydroxylation is 2. The summed E-state index contributed by atoms with van der Waals surface area (Å²) in [5.41, 5.74) is 7.37. The van der Waals surface area contributed by atoms with Gasteiger partial charge in [0, 0.05) is 11.1 Å². The van der Waals surface area contributed by atoms with Crippen LogP contribution in [0.3, 0.4) is 0 Å². The summed E-state index contributed by atoms with van der Waals surface area (Å²) in [6.07, 6.45) is 0. The predicted octanol–water partition coefficient (Wildman–Crippen LogP) is 3.12. The fourth-order valence-electron chi connectivity index (χ4n) is 1.47. The van der Waals surface area contributed by atoms with Gasteiger partial charge in [-0.2, -0.15) is 0 Å². The molecule has 0 amide bonds. The Morgan fingerprint density at radius 1 is 1.12 bits per heavy atom. The van der Waals surface area contributed by atoms with Crippen molar-refractivity contribution in [1.82, 2.24) is 10.2 Å². The number of aromatic nitrogens is 2. The highest BCUT2D eigenvalue weighted by Gasteiger charge is 2.05. The number of hydrogen-bond donors (Lipinski definition) is 1. The summed E-state index contributed by atoms with van der Waals surface area (Å²) < 4.78 is 5.56. The zero-order chi connectivity index (χ0) is 12.4. The van der Waals surface area contributed by atoms with Gasteiger partial charge in [0.2, 0.25) is 5.88 Å². The molecule has 1 aromatic heterocycles. The minimum absolute atomic E-state index is 0.362. The van der Waals surface area contributed by atoms with Gasteiger partial charge < -0.3 is 10.5 Å². The van der Waals surface area contributed by atoms with Crippen molar-refractivity contribution in [2.45, 2.75) is 13.8 Å². The standard InChI is InChI=1S/C12H12ClN3O/c1-7-5-9(6-8(2)12(7)13)17-11-4-3-10(14)15-16-11/h3-6H,1-2H3,(H2,14,15). The molecule has 0 aliphatic rings. The van der Waals surface area contributed by atoms with E-state index in [1.165, 1.54) is 0 Å². The molecule has 17 heavy (non-hydrogen) atoms. The normalized spacial score (nSPS) is 10.3. The van der Waals surface area contributed by atoms with E-state index >= 15 is 0 Å². The summed E-state index contributed by atoms with van der Waals surface area (Å²) in [5.74, 6) is 1.45. The maximum atomic E-state index is 6.07. The number of anilines is 1. The van der Waals surface area contributed by atoms with Crippen LogP contribution in [0, 0.1) is 13.8 Å². The summed E-state index contributed by atoms with van der Waals surface area (Å²) >= 11 is 6.07. The van der Waals surface area contributed by atoms with Gasteiger partial charge in [-0.15, -0.1) is 10.2 Å². The van der Waals surface area contributed by atoms with Crippen molar-refractivity contribution in [3.05, 3.63) is 40.4 Å². The van der Waals surface area contributed by atoms with Crippen molar-refractivity contribution in [2.24, 2.45) is 0 Å². The van der Waals surface area contributed by atoms with Crippen LogP contribution in [0.15, 0.2) is 24.3 Å². The molecule has 0 bridgehead atoms. The third kappa shape index (κ3) is 2.65. The average Bonchev–Trinajstić information content (AvgIpc) is 2.29. The number of halogens is 1. The summed E-state index contributed by atoms with van der Waals surface area (Å²) in [6.45, 7) is 3.85. The maximum absolute atomic E-state index is 6.07. The Bertz CT molecular complexity index is 517. The van der Waals surface area contributed by atoms with E-state index in [9.17, 15) is 0 Å². The molecule has 1 heterocycles. The zero-order valence-electron chi connectivity index (χ0n) is 9.57. The molecule has 0 aliphatic carbocycles. The number of nitrogens with zero attached hydrogens (tertiary/aromatic N) is 2. The molecule has 0 unspecified atom stereocenters. The van der Waals surface area contributed by atoms with Crippen LogP contribution in [0.25, 0.3) is 0 Å². The van der Waals surface area contributed by atoms with Gasteiger partial charge in [0.05, 0.1) is 0 Å². The van der Waals surface area contributed by atoms with Crippen molar-refractivity contribution in [3.8, 4) is 11.6 Å². The lowest BCUT2D eigenvalue weighted by Gasteiger charge is -2.08. The Morgan fingerprint density at radius 3 is 2.29 bits per heavy atom. The van der Waals surface area contributed by atoms with Gasteiger partial charge in [0.25, 0.3) is 0 Å². The molecule has 2 rings (SSSR count). The van der Waals surface area contributed by atoms with Crippen molar-refractivity contribution in [3.63, 3.8) is 0 Å². The van der Waals surface area contributed by atoms with E-state index < -0.39 is 0 Å². The zero-order valence-corrected chi connectivity index (χ0v) is 10.3. The quantitative estimate of drug-likeness (QED) is 0.888. The second-order valence-corrected chi connectivity index (χ2v) is 4.15. The minimum Gasteiger partial charge on any atom is -0.438 e. The van der Waals surface area contributed by atoms with Crippen molar-refractivity contribution in [1.29, 1.82) is 0 Å². The molecule has 0 spiro atoms. The highest BCUT2D eigenvalue weighted by Crippen LogP contribution is 2.28. The van der Waals surface area contributed by atoms with Gasteiger partial charge in [0.1, 0.15) is 11.6 Å². The third-order valence-electron chi connectivity index (χ3n) is 2.29. The first-order valence-electron chi connectivity index (χ1n) is 5.10. The largest absolute Gasteiger partial charge is 0.438 e. The van der Waals surface area contributed by atoms with E-state index in [4.69, 9.17) is 22.1 Å². The number of rotatable bonds is 2. The second kappa shape index (κ2) is 4.59. The first-order valence-corrected chi connectivity index (χ1v) is 5.48. The van der Waals surface area contributed by atoms with Crippen LogP contribution in [-0.2, 0) is 0 Å². The molecule has 0 radical (unpaired) electrons. The van der Waals surface area contributed by atoms with E-state index in [-0.39, 0.29) is 0 Å². The van der Waals surface area contributed by atoms with Crippen LogP contribution in [0.4, 0.5) is 5.82 Å². The number of ether oxygens (including phenoxy) is 1. The van der Waals surface area contributed by atoms with Gasteiger partial charge in [-0.1, -0.05) is 11.6 Å². The van der Waals surface area contributed by atoms with Crippen LogP contribution in [-0.4, -0.2) is 10.2 Å². The molecule has 1 aromatic carbocycles. The molecule has 0 saturated heterocycles. The Hall–Kier alpha value is -1.81. The molecular weight excluding hydrogens is 238 g/mol. The van der Waals surface area contributed by atoms with Gasteiger partial charge in [0.15, 0.2) is 0 Å². The average molecular weight is 250 g/mol. The second-order valence-electron chi connectivity index (χ2n) is 3.77. The van der Waals surface area contributed by atoms with Gasteiger partial charge in [-0.3, -0.25) is 0 Å². The van der Waals surface area contributed by atoms with E-state index in [1.807, 2.05) is 26.0 Å². The number of nitrogens with two attached hydrogens (primary N) is 1. The van der Waals surface area contributed by atoms with Crippen LogP contribution in [0.1, 0.15) is 11.1 Å². The number of hydrogen-bond acceptors (Lipinski definition) is 4. The summed E-state index contributed by atoms with van der Waals surface area (Å²) in [4.78, 5) is 0. The molecule has 0 saturated carbocycles. The number of nitrogen functional groups attached to an aromatic ring is 1. The first-order chi connectivity index (χ1) is 8.06. The van der Waals surface area contributed by atoms with Crippen molar-refractivity contribution in [2.75, 3.05) is 5.73 Å². The van der Waals surface area contributed by atoms with E-state index in [0.717, 1.165) is 16.1 Å². The molecular formula is C12H12ClN3O.